The van der Waals surface area contributed by atoms with E-state index in [9.17, 15) is 9.59 Å². The van der Waals surface area contributed by atoms with E-state index >= 15 is 0 Å². The molecule has 0 bridgehead atoms. The summed E-state index contributed by atoms with van der Waals surface area (Å²) in [5, 5.41) is 2.75. The monoisotopic (exact) mass is 551 g/mol. The molecule has 1 aromatic heterocycles. The van der Waals surface area contributed by atoms with Crippen molar-refractivity contribution in [3.63, 3.8) is 0 Å². The van der Waals surface area contributed by atoms with Crippen LogP contribution in [0.1, 0.15) is 34.5 Å². The van der Waals surface area contributed by atoms with Crippen molar-refractivity contribution >= 4 is 17.5 Å². The lowest BCUT2D eigenvalue weighted by Crippen LogP contribution is -2.53. The van der Waals surface area contributed by atoms with Crippen LogP contribution < -0.4 is 15.0 Å². The van der Waals surface area contributed by atoms with E-state index in [2.05, 4.69) is 37.9 Å². The first kappa shape index (κ1) is 28.0. The first-order chi connectivity index (χ1) is 19.9. The highest BCUT2D eigenvalue weighted by Gasteiger charge is 2.36. The molecule has 3 heterocycles. The fraction of sp³-hybridized carbons (Fsp3) is 0.344. The smallest absolute Gasteiger partial charge is 0.307 e. The second-order valence-corrected chi connectivity index (χ2v) is 10.2. The average Bonchev–Trinajstić information content (AvgIpc) is 3.43. The first-order valence-corrected chi connectivity index (χ1v) is 13.7. The van der Waals surface area contributed by atoms with Crippen molar-refractivity contribution in [2.75, 3.05) is 51.2 Å². The van der Waals surface area contributed by atoms with Gasteiger partial charge in [-0.15, -0.1) is 6.42 Å². The first-order valence-electron chi connectivity index (χ1n) is 13.7. The third-order valence-corrected chi connectivity index (χ3v) is 7.27. The Morgan fingerprint density at radius 1 is 1.10 bits per heavy atom. The number of nitrogens with zero attached hydrogens (tertiary/aromatic N) is 4. The number of benzene rings is 2. The number of piperazine rings is 1. The van der Waals surface area contributed by atoms with Gasteiger partial charge in [0.15, 0.2) is 0 Å². The second kappa shape index (κ2) is 12.7. The Kier molecular flexibility index (Phi) is 8.69. The molecule has 0 unspecified atom stereocenters. The van der Waals surface area contributed by atoms with E-state index in [0.29, 0.717) is 36.7 Å². The van der Waals surface area contributed by atoms with Crippen molar-refractivity contribution < 1.29 is 18.7 Å². The van der Waals surface area contributed by atoms with Crippen LogP contribution in [0.5, 0.6) is 5.75 Å². The summed E-state index contributed by atoms with van der Waals surface area (Å²) in [4.78, 5) is 36.6. The molecule has 0 saturated carbocycles. The Morgan fingerprint density at radius 3 is 2.56 bits per heavy atom. The molecule has 1 fully saturated rings. The predicted molar refractivity (Wildman–Crippen MR) is 156 cm³/mol. The van der Waals surface area contributed by atoms with E-state index < -0.39 is 18.1 Å². The molecule has 210 valence electrons. The van der Waals surface area contributed by atoms with E-state index in [1.165, 1.54) is 11.1 Å². The number of hydrogen-bond acceptors (Lipinski definition) is 7. The maximum Gasteiger partial charge on any atom is 0.307 e. The van der Waals surface area contributed by atoms with E-state index in [0.717, 1.165) is 37.3 Å². The fourth-order valence-corrected chi connectivity index (χ4v) is 4.91. The van der Waals surface area contributed by atoms with Gasteiger partial charge < -0.3 is 19.4 Å². The molecule has 1 N–H and O–H groups in total. The maximum absolute atomic E-state index is 13.5. The van der Waals surface area contributed by atoms with Crippen LogP contribution in [0, 0.1) is 24.2 Å². The van der Waals surface area contributed by atoms with Crippen LogP contribution in [0.4, 0.5) is 5.69 Å². The van der Waals surface area contributed by atoms with Crippen molar-refractivity contribution in [3.05, 3.63) is 77.5 Å². The van der Waals surface area contributed by atoms with Gasteiger partial charge in [-0.05, 0) is 30.7 Å². The number of rotatable bonds is 6. The number of fused-ring (bicyclic) bond motifs is 1. The van der Waals surface area contributed by atoms with Gasteiger partial charge in [-0.1, -0.05) is 48.1 Å². The summed E-state index contributed by atoms with van der Waals surface area (Å²) >= 11 is 0. The number of amides is 2. The lowest BCUT2D eigenvalue weighted by molar-refractivity contribution is -0.121. The van der Waals surface area contributed by atoms with Gasteiger partial charge in [-0.25, -0.2) is 4.98 Å². The number of aromatic nitrogens is 1. The molecular formula is C32H33N5O4. The van der Waals surface area contributed by atoms with Crippen LogP contribution in [0.2, 0.25) is 0 Å². The highest BCUT2D eigenvalue weighted by atomic mass is 16.5. The highest BCUT2D eigenvalue weighted by Crippen LogP contribution is 2.33. The summed E-state index contributed by atoms with van der Waals surface area (Å²) in [5.74, 6) is 9.26. The number of ether oxygens (including phenoxy) is 1. The number of oxazole rings is 1. The third kappa shape index (κ3) is 6.78. The Bertz CT molecular complexity index is 1490. The molecule has 0 aliphatic carbocycles. The van der Waals surface area contributed by atoms with Crippen molar-refractivity contribution in [2.45, 2.75) is 25.5 Å². The SMILES string of the molecule is C#CCN1CCN(CC#Cc2ccc3c(c2)N(C)C(=O)[C@@H](NC(=O)c2ncc(Cc4ccccc4)o2)[C@@H](C)O3)CC1. The van der Waals surface area contributed by atoms with Gasteiger partial charge in [-0.2, -0.15) is 0 Å². The minimum Gasteiger partial charge on any atom is -0.486 e. The Balaban J connectivity index is 1.22. The van der Waals surface area contributed by atoms with Crippen LogP contribution in [0.3, 0.4) is 0 Å². The van der Waals surface area contributed by atoms with Crippen LogP contribution in [0.25, 0.3) is 0 Å². The fourth-order valence-electron chi connectivity index (χ4n) is 4.91. The number of carbonyl (C=O) groups excluding carboxylic acids is 2. The largest absolute Gasteiger partial charge is 0.486 e. The van der Waals surface area contributed by atoms with E-state index in [1.54, 1.807) is 14.0 Å². The summed E-state index contributed by atoms with van der Waals surface area (Å²) in [6, 6.07) is 14.3. The zero-order valence-electron chi connectivity index (χ0n) is 23.3. The van der Waals surface area contributed by atoms with E-state index in [4.69, 9.17) is 15.6 Å². The van der Waals surface area contributed by atoms with Crippen LogP contribution in [0.15, 0.2) is 59.1 Å². The van der Waals surface area contributed by atoms with Gasteiger partial charge >= 0.3 is 5.91 Å². The summed E-state index contributed by atoms with van der Waals surface area (Å²) < 4.78 is 11.8. The van der Waals surface area contributed by atoms with E-state index in [-0.39, 0.29) is 11.8 Å². The molecule has 3 aromatic rings. The lowest BCUT2D eigenvalue weighted by Gasteiger charge is -2.32. The molecule has 9 nitrogen and oxygen atoms in total. The minimum absolute atomic E-state index is 0.102. The maximum atomic E-state index is 13.5. The molecule has 2 aliphatic heterocycles. The number of nitrogens with one attached hydrogen (secondary N) is 1. The second-order valence-electron chi connectivity index (χ2n) is 10.2. The third-order valence-electron chi connectivity index (χ3n) is 7.27. The summed E-state index contributed by atoms with van der Waals surface area (Å²) in [6.45, 7) is 6.83. The van der Waals surface area contributed by atoms with Gasteiger partial charge in [0, 0.05) is 45.2 Å². The molecule has 5 rings (SSSR count). The summed E-state index contributed by atoms with van der Waals surface area (Å²) in [6.07, 6.45) is 6.82. The van der Waals surface area contributed by atoms with Gasteiger partial charge in [0.05, 0.1) is 25.0 Å². The van der Waals surface area contributed by atoms with Gasteiger partial charge in [0.2, 0.25) is 0 Å². The summed E-state index contributed by atoms with van der Waals surface area (Å²) in [7, 11) is 1.66. The molecule has 41 heavy (non-hydrogen) atoms. The zero-order chi connectivity index (χ0) is 28.8. The lowest BCUT2D eigenvalue weighted by atomic mass is 10.1. The highest BCUT2D eigenvalue weighted by molar-refractivity contribution is 6.02. The van der Waals surface area contributed by atoms with Gasteiger partial charge in [0.25, 0.3) is 11.8 Å². The Morgan fingerprint density at radius 2 is 1.83 bits per heavy atom. The Hall–Kier alpha value is -4.57. The summed E-state index contributed by atoms with van der Waals surface area (Å²) in [5.41, 5.74) is 2.41. The number of carbonyl (C=O) groups is 2. The van der Waals surface area contributed by atoms with E-state index in [1.807, 2.05) is 48.5 Å². The number of likely N-dealkylation sites (N-methyl/N-ethyl adjacent to an activating group) is 1. The standard InChI is InChI=1S/C32H33N5O4/c1-4-14-36-16-18-37(19-17-36)15-8-11-25-12-13-28-27(21-25)35(3)32(39)29(23(2)40-28)34-30(38)31-33-22-26(41-31)20-24-9-6-5-7-10-24/h1,5-7,9-10,12-13,21-23,29H,14-20H2,2-3H3,(H,34,38)/t23-,29+/m1/s1. The van der Waals surface area contributed by atoms with Crippen molar-refractivity contribution in [1.29, 1.82) is 0 Å². The number of terminal acetylenes is 1. The average molecular weight is 552 g/mol. The number of hydrogen-bond donors (Lipinski definition) is 1. The molecule has 2 amide bonds. The number of anilines is 1. The molecule has 2 aliphatic rings. The quantitative estimate of drug-likeness (QED) is 0.471. The van der Waals surface area contributed by atoms with Crippen LogP contribution in [-0.4, -0.2) is 85.1 Å². The molecule has 2 aromatic carbocycles. The van der Waals surface area contributed by atoms with Crippen LogP contribution in [-0.2, 0) is 11.2 Å². The van der Waals surface area contributed by atoms with Crippen molar-refractivity contribution in [2.24, 2.45) is 0 Å². The minimum atomic E-state index is -0.938. The normalized spacial score (nSPS) is 19.2. The molecule has 1 saturated heterocycles. The van der Waals surface area contributed by atoms with Crippen molar-refractivity contribution in [3.8, 4) is 29.9 Å². The molecule has 2 atom stereocenters. The molecule has 0 spiro atoms. The topological polar surface area (TPSA) is 91.2 Å². The predicted octanol–water partition coefficient (Wildman–Crippen LogP) is 2.41. The zero-order valence-corrected chi connectivity index (χ0v) is 23.3. The van der Waals surface area contributed by atoms with Gasteiger partial charge in [0.1, 0.15) is 23.7 Å². The Labute approximate surface area is 240 Å². The molecule has 9 heteroatoms. The molecule has 0 radical (unpaired) electrons. The van der Waals surface area contributed by atoms with Crippen molar-refractivity contribution in [1.82, 2.24) is 20.1 Å². The molecular weight excluding hydrogens is 518 g/mol. The van der Waals surface area contributed by atoms with Gasteiger partial charge in [-0.3, -0.25) is 19.4 Å². The van der Waals surface area contributed by atoms with Crippen LogP contribution >= 0.6 is 0 Å².